The van der Waals surface area contributed by atoms with Crippen LogP contribution in [0.5, 0.6) is 11.5 Å². The van der Waals surface area contributed by atoms with Crippen LogP contribution in [-0.2, 0) is 11.2 Å². The molecule has 0 saturated heterocycles. The number of benzene rings is 1. The third-order valence-corrected chi connectivity index (χ3v) is 3.48. The van der Waals surface area contributed by atoms with Crippen molar-refractivity contribution in [2.24, 2.45) is 0 Å². The third-order valence-electron chi connectivity index (χ3n) is 3.20. The van der Waals surface area contributed by atoms with Crippen molar-refractivity contribution in [3.05, 3.63) is 34.5 Å². The van der Waals surface area contributed by atoms with Crippen molar-refractivity contribution in [2.75, 3.05) is 18.5 Å². The number of fused-ring (bicyclic) bond motifs is 1. The van der Waals surface area contributed by atoms with Crippen LogP contribution in [0.4, 0.5) is 5.82 Å². The molecule has 1 aromatic heterocycles. The molecule has 0 aliphatic carbocycles. The number of hydrogen-bond donors (Lipinski definition) is 2. The second-order valence-electron chi connectivity index (χ2n) is 5.12. The van der Waals surface area contributed by atoms with Crippen LogP contribution >= 0.6 is 11.6 Å². The number of amides is 1. The number of nitrogens with one attached hydrogen (secondary N) is 2. The zero-order chi connectivity index (χ0) is 15.5. The molecular formula is C15H16ClN3O3. The Bertz CT molecular complexity index is 699. The summed E-state index contributed by atoms with van der Waals surface area (Å²) in [5, 5.41) is 9.93. The summed E-state index contributed by atoms with van der Waals surface area (Å²) in [5.41, 5.74) is 1.65. The average Bonchev–Trinajstić information content (AvgIpc) is 2.72. The fraction of sp³-hybridized carbons (Fsp3) is 0.333. The Morgan fingerprint density at radius 3 is 2.95 bits per heavy atom. The lowest BCUT2D eigenvalue weighted by atomic mass is 10.1. The van der Waals surface area contributed by atoms with Gasteiger partial charge in [-0.1, -0.05) is 11.6 Å². The molecule has 0 unspecified atom stereocenters. The Kier molecular flexibility index (Phi) is 4.20. The van der Waals surface area contributed by atoms with Gasteiger partial charge in [-0.3, -0.25) is 9.89 Å². The standard InChI is InChI=1S/C15H16ClN3O3/c1-9-5-13(19-18-9)17-14(20)8-10-6-11(16)15-12(7-10)21-3-2-4-22-15/h5-7H,2-4,8H2,1H3,(H2,17,18,19,20). The smallest absolute Gasteiger partial charge is 0.229 e. The third kappa shape index (κ3) is 3.33. The highest BCUT2D eigenvalue weighted by molar-refractivity contribution is 6.32. The molecule has 0 saturated carbocycles. The van der Waals surface area contributed by atoms with E-state index >= 15 is 0 Å². The molecule has 7 heteroatoms. The Balaban J connectivity index is 1.73. The van der Waals surface area contributed by atoms with Gasteiger partial charge in [0, 0.05) is 18.2 Å². The van der Waals surface area contributed by atoms with Crippen molar-refractivity contribution in [3.63, 3.8) is 0 Å². The zero-order valence-electron chi connectivity index (χ0n) is 12.1. The number of H-pyrrole nitrogens is 1. The van der Waals surface area contributed by atoms with Crippen molar-refractivity contribution >= 4 is 23.3 Å². The summed E-state index contributed by atoms with van der Waals surface area (Å²) >= 11 is 6.21. The van der Waals surface area contributed by atoms with Gasteiger partial charge < -0.3 is 14.8 Å². The van der Waals surface area contributed by atoms with Crippen LogP contribution in [0.1, 0.15) is 17.7 Å². The number of carbonyl (C=O) groups excluding carboxylic acids is 1. The van der Waals surface area contributed by atoms with E-state index in [1.807, 2.05) is 6.92 Å². The highest BCUT2D eigenvalue weighted by Crippen LogP contribution is 2.38. The van der Waals surface area contributed by atoms with Crippen LogP contribution in [-0.4, -0.2) is 29.3 Å². The highest BCUT2D eigenvalue weighted by atomic mass is 35.5. The van der Waals surface area contributed by atoms with E-state index in [1.165, 1.54) is 0 Å². The van der Waals surface area contributed by atoms with Gasteiger partial charge in [-0.2, -0.15) is 5.10 Å². The monoisotopic (exact) mass is 321 g/mol. The van der Waals surface area contributed by atoms with Crippen molar-refractivity contribution in [1.82, 2.24) is 10.2 Å². The van der Waals surface area contributed by atoms with E-state index in [4.69, 9.17) is 21.1 Å². The predicted molar refractivity (Wildman–Crippen MR) is 82.7 cm³/mol. The van der Waals surface area contributed by atoms with E-state index in [0.717, 1.165) is 17.7 Å². The molecule has 0 fully saturated rings. The predicted octanol–water partition coefficient (Wildman–Crippen LogP) is 2.71. The number of halogens is 1. The molecule has 116 valence electrons. The summed E-state index contributed by atoms with van der Waals surface area (Å²) in [6.07, 6.45) is 0.988. The van der Waals surface area contributed by atoms with Crippen LogP contribution in [0.15, 0.2) is 18.2 Å². The maximum atomic E-state index is 12.1. The van der Waals surface area contributed by atoms with E-state index in [-0.39, 0.29) is 12.3 Å². The number of aromatic nitrogens is 2. The first-order valence-electron chi connectivity index (χ1n) is 7.02. The van der Waals surface area contributed by atoms with Gasteiger partial charge in [0.15, 0.2) is 17.3 Å². The molecule has 22 heavy (non-hydrogen) atoms. The Morgan fingerprint density at radius 1 is 1.36 bits per heavy atom. The van der Waals surface area contributed by atoms with E-state index in [2.05, 4.69) is 15.5 Å². The summed E-state index contributed by atoms with van der Waals surface area (Å²) in [6, 6.07) is 5.28. The highest BCUT2D eigenvalue weighted by Gasteiger charge is 2.17. The first-order valence-corrected chi connectivity index (χ1v) is 7.39. The molecule has 2 aromatic rings. The molecule has 0 spiro atoms. The number of hydrogen-bond acceptors (Lipinski definition) is 4. The van der Waals surface area contributed by atoms with E-state index in [1.54, 1.807) is 18.2 Å². The first kappa shape index (κ1) is 14.7. The molecule has 0 radical (unpaired) electrons. The lowest BCUT2D eigenvalue weighted by molar-refractivity contribution is -0.115. The van der Waals surface area contributed by atoms with Crippen molar-refractivity contribution in [2.45, 2.75) is 19.8 Å². The van der Waals surface area contributed by atoms with Crippen molar-refractivity contribution < 1.29 is 14.3 Å². The summed E-state index contributed by atoms with van der Waals surface area (Å²) in [4.78, 5) is 12.1. The number of aryl methyl sites for hydroxylation is 1. The second kappa shape index (κ2) is 6.27. The Labute approximate surface area is 132 Å². The van der Waals surface area contributed by atoms with E-state index in [0.29, 0.717) is 35.6 Å². The zero-order valence-corrected chi connectivity index (χ0v) is 12.9. The van der Waals surface area contributed by atoms with Crippen LogP contribution in [0.3, 0.4) is 0 Å². The van der Waals surface area contributed by atoms with Crippen molar-refractivity contribution in [1.29, 1.82) is 0 Å². The molecular weight excluding hydrogens is 306 g/mol. The molecule has 1 aliphatic heterocycles. The molecule has 1 aliphatic rings. The molecule has 0 bridgehead atoms. The van der Waals surface area contributed by atoms with Crippen LogP contribution < -0.4 is 14.8 Å². The lowest BCUT2D eigenvalue weighted by Crippen LogP contribution is -2.14. The number of aromatic amines is 1. The molecule has 0 atom stereocenters. The summed E-state index contributed by atoms with van der Waals surface area (Å²) in [5.74, 6) is 1.47. The Morgan fingerprint density at radius 2 is 2.18 bits per heavy atom. The normalized spacial score (nSPS) is 13.5. The van der Waals surface area contributed by atoms with Gasteiger partial charge in [0.05, 0.1) is 24.7 Å². The van der Waals surface area contributed by atoms with Gasteiger partial charge in [0.1, 0.15) is 0 Å². The first-order chi connectivity index (χ1) is 10.6. The number of ether oxygens (including phenoxy) is 2. The van der Waals surface area contributed by atoms with Gasteiger partial charge in [0.2, 0.25) is 5.91 Å². The molecule has 1 aromatic carbocycles. The largest absolute Gasteiger partial charge is 0.489 e. The lowest BCUT2D eigenvalue weighted by Gasteiger charge is -2.11. The topological polar surface area (TPSA) is 76.2 Å². The number of nitrogens with zero attached hydrogens (tertiary/aromatic N) is 1. The summed E-state index contributed by atoms with van der Waals surface area (Å²) in [6.45, 7) is 3.02. The maximum absolute atomic E-state index is 12.1. The molecule has 2 heterocycles. The quantitative estimate of drug-likeness (QED) is 0.911. The van der Waals surface area contributed by atoms with Crippen LogP contribution in [0, 0.1) is 6.92 Å². The maximum Gasteiger partial charge on any atom is 0.229 e. The molecule has 6 nitrogen and oxygen atoms in total. The van der Waals surface area contributed by atoms with Gasteiger partial charge in [-0.05, 0) is 24.6 Å². The minimum Gasteiger partial charge on any atom is -0.489 e. The fourth-order valence-corrected chi connectivity index (χ4v) is 2.53. The summed E-state index contributed by atoms with van der Waals surface area (Å²) < 4.78 is 11.2. The number of rotatable bonds is 3. The Hall–Kier alpha value is -2.21. The van der Waals surface area contributed by atoms with Crippen LogP contribution in [0.25, 0.3) is 0 Å². The average molecular weight is 322 g/mol. The van der Waals surface area contributed by atoms with Gasteiger partial charge >= 0.3 is 0 Å². The summed E-state index contributed by atoms with van der Waals surface area (Å²) in [7, 11) is 0. The SMILES string of the molecule is Cc1cc(NC(=O)Cc2cc(Cl)c3c(c2)OCCCO3)n[nH]1. The number of anilines is 1. The molecule has 2 N–H and O–H groups in total. The minimum absolute atomic E-state index is 0.169. The minimum atomic E-state index is -0.169. The van der Waals surface area contributed by atoms with Crippen molar-refractivity contribution in [3.8, 4) is 11.5 Å². The molecule has 3 rings (SSSR count). The van der Waals surface area contributed by atoms with E-state index < -0.39 is 0 Å². The van der Waals surface area contributed by atoms with Gasteiger partial charge in [-0.15, -0.1) is 0 Å². The van der Waals surface area contributed by atoms with Gasteiger partial charge in [-0.25, -0.2) is 0 Å². The van der Waals surface area contributed by atoms with Crippen LogP contribution in [0.2, 0.25) is 5.02 Å². The second-order valence-corrected chi connectivity index (χ2v) is 5.52. The van der Waals surface area contributed by atoms with Gasteiger partial charge in [0.25, 0.3) is 0 Å². The fourth-order valence-electron chi connectivity index (χ4n) is 2.24. The number of carbonyl (C=O) groups is 1. The molecule has 1 amide bonds. The van der Waals surface area contributed by atoms with E-state index in [9.17, 15) is 4.79 Å².